The molecule has 2 aromatic carbocycles. The van der Waals surface area contributed by atoms with Gasteiger partial charge >= 0.3 is 0 Å². The molecule has 0 aliphatic carbocycles. The Bertz CT molecular complexity index is 1100. The molecule has 1 heterocycles. The molecule has 172 valence electrons. The van der Waals surface area contributed by atoms with E-state index in [1.54, 1.807) is 31.2 Å². The first kappa shape index (κ1) is 23.9. The van der Waals surface area contributed by atoms with E-state index in [1.807, 2.05) is 37.8 Å². The monoisotopic (exact) mass is 458 g/mol. The fourth-order valence-electron chi connectivity index (χ4n) is 4.16. The second-order valence-electron chi connectivity index (χ2n) is 8.27. The van der Waals surface area contributed by atoms with Crippen LogP contribution < -0.4 is 11.1 Å². The first-order chi connectivity index (χ1) is 15.0. The Morgan fingerprint density at radius 3 is 2.00 bits per heavy atom. The predicted octanol–water partition coefficient (Wildman–Crippen LogP) is 2.04. The van der Waals surface area contributed by atoms with Crippen LogP contribution in [0, 0.1) is 20.8 Å². The fraction of sp³-hybridized carbons (Fsp3) is 0.391. The van der Waals surface area contributed by atoms with Crippen LogP contribution in [-0.2, 0) is 14.8 Å². The molecule has 3 rings (SSSR count). The molecule has 1 saturated heterocycles. The zero-order chi connectivity index (χ0) is 23.6. The summed E-state index contributed by atoms with van der Waals surface area (Å²) >= 11 is 0. The van der Waals surface area contributed by atoms with Gasteiger partial charge in [-0.25, -0.2) is 8.42 Å². The van der Waals surface area contributed by atoms with Crippen molar-refractivity contribution in [2.45, 2.75) is 38.6 Å². The molecule has 1 aliphatic rings. The summed E-state index contributed by atoms with van der Waals surface area (Å²) in [5.74, 6) is -0.724. The number of hydrogen-bond donors (Lipinski definition) is 2. The molecule has 0 aromatic heterocycles. The Hall–Kier alpha value is -2.75. The molecule has 1 fully saturated rings. The zero-order valence-corrected chi connectivity index (χ0v) is 19.7. The van der Waals surface area contributed by atoms with Gasteiger partial charge in [0.1, 0.15) is 0 Å². The molecule has 32 heavy (non-hydrogen) atoms. The minimum absolute atomic E-state index is 0.196. The van der Waals surface area contributed by atoms with Crippen molar-refractivity contribution < 1.29 is 18.0 Å². The molecule has 1 aliphatic heterocycles. The van der Waals surface area contributed by atoms with E-state index in [2.05, 4.69) is 5.32 Å². The van der Waals surface area contributed by atoms with Gasteiger partial charge in [-0.2, -0.15) is 4.31 Å². The first-order valence-corrected chi connectivity index (χ1v) is 12.0. The summed E-state index contributed by atoms with van der Waals surface area (Å²) in [4.78, 5) is 26.2. The largest absolute Gasteiger partial charge is 0.366 e. The lowest BCUT2D eigenvalue weighted by Crippen LogP contribution is -2.54. The molecule has 9 heteroatoms. The molecule has 8 nitrogen and oxygen atoms in total. The SMILES string of the molecule is Cc1cc(C)c(S(=O)(=O)N2CCN([C@H](C)C(=O)Nc3ccc(C(N)=O)cc3)CC2)c(C)c1. The Morgan fingerprint density at radius 1 is 0.969 bits per heavy atom. The van der Waals surface area contributed by atoms with Crippen LogP contribution >= 0.6 is 0 Å². The van der Waals surface area contributed by atoms with E-state index in [-0.39, 0.29) is 5.91 Å². The number of anilines is 1. The van der Waals surface area contributed by atoms with E-state index in [0.717, 1.165) is 16.7 Å². The Kier molecular flexibility index (Phi) is 7.02. The highest BCUT2D eigenvalue weighted by Crippen LogP contribution is 2.26. The van der Waals surface area contributed by atoms with E-state index in [1.165, 1.54) is 4.31 Å². The van der Waals surface area contributed by atoms with Crippen LogP contribution in [0.2, 0.25) is 0 Å². The van der Waals surface area contributed by atoms with Crippen LogP contribution in [0.5, 0.6) is 0 Å². The summed E-state index contributed by atoms with van der Waals surface area (Å²) in [5.41, 5.74) is 8.70. The number of nitrogens with one attached hydrogen (secondary N) is 1. The van der Waals surface area contributed by atoms with Gasteiger partial charge in [0.05, 0.1) is 10.9 Å². The van der Waals surface area contributed by atoms with Crippen molar-refractivity contribution in [3.8, 4) is 0 Å². The first-order valence-electron chi connectivity index (χ1n) is 10.5. The van der Waals surface area contributed by atoms with E-state index in [4.69, 9.17) is 5.73 Å². The molecule has 0 bridgehead atoms. The molecular weight excluding hydrogens is 428 g/mol. The van der Waals surface area contributed by atoms with Gasteiger partial charge in [0.25, 0.3) is 0 Å². The number of sulfonamides is 1. The quantitative estimate of drug-likeness (QED) is 0.688. The van der Waals surface area contributed by atoms with Gasteiger partial charge in [-0.15, -0.1) is 0 Å². The van der Waals surface area contributed by atoms with Crippen molar-refractivity contribution in [1.29, 1.82) is 0 Å². The summed E-state index contributed by atoms with van der Waals surface area (Å²) in [6.07, 6.45) is 0. The maximum absolute atomic E-state index is 13.3. The maximum atomic E-state index is 13.3. The number of primary amides is 1. The number of carbonyl (C=O) groups is 2. The number of carbonyl (C=O) groups excluding carboxylic acids is 2. The summed E-state index contributed by atoms with van der Waals surface area (Å²) < 4.78 is 28.0. The highest BCUT2D eigenvalue weighted by atomic mass is 32.2. The maximum Gasteiger partial charge on any atom is 0.248 e. The number of nitrogens with zero attached hydrogens (tertiary/aromatic N) is 2. The fourth-order valence-corrected chi connectivity index (χ4v) is 6.00. The van der Waals surface area contributed by atoms with Crippen LogP contribution in [0.4, 0.5) is 5.69 Å². The van der Waals surface area contributed by atoms with Crippen LogP contribution in [0.15, 0.2) is 41.3 Å². The number of nitrogens with two attached hydrogens (primary N) is 1. The van der Waals surface area contributed by atoms with Crippen LogP contribution in [0.3, 0.4) is 0 Å². The molecule has 0 unspecified atom stereocenters. The number of benzene rings is 2. The number of hydrogen-bond acceptors (Lipinski definition) is 5. The van der Waals surface area contributed by atoms with E-state index in [0.29, 0.717) is 42.3 Å². The van der Waals surface area contributed by atoms with Crippen LogP contribution in [-0.4, -0.2) is 61.7 Å². The normalized spacial score (nSPS) is 16.5. The summed E-state index contributed by atoms with van der Waals surface area (Å²) in [6, 6.07) is 9.71. The topological polar surface area (TPSA) is 113 Å². The van der Waals surface area contributed by atoms with Crippen molar-refractivity contribution in [2.24, 2.45) is 5.73 Å². The third-order valence-corrected chi connectivity index (χ3v) is 8.04. The summed E-state index contributed by atoms with van der Waals surface area (Å²) in [6.45, 7) is 8.95. The van der Waals surface area contributed by atoms with Gasteiger partial charge in [-0.05, 0) is 63.1 Å². The van der Waals surface area contributed by atoms with Crippen molar-refractivity contribution >= 4 is 27.5 Å². The molecule has 1 atom stereocenters. The number of rotatable bonds is 6. The lowest BCUT2D eigenvalue weighted by molar-refractivity contribution is -0.121. The minimum atomic E-state index is -3.60. The second-order valence-corrected chi connectivity index (χ2v) is 10.1. The summed E-state index contributed by atoms with van der Waals surface area (Å²) in [5, 5.41) is 2.83. The van der Waals surface area contributed by atoms with Crippen LogP contribution in [0.1, 0.15) is 34.0 Å². The Morgan fingerprint density at radius 2 is 1.50 bits per heavy atom. The molecule has 2 amide bonds. The zero-order valence-electron chi connectivity index (χ0n) is 18.9. The Balaban J connectivity index is 1.63. The number of piperazine rings is 1. The predicted molar refractivity (Wildman–Crippen MR) is 124 cm³/mol. The van der Waals surface area contributed by atoms with Gasteiger partial charge in [0.15, 0.2) is 0 Å². The van der Waals surface area contributed by atoms with E-state index in [9.17, 15) is 18.0 Å². The average Bonchev–Trinajstić information content (AvgIpc) is 2.72. The third kappa shape index (κ3) is 5.01. The van der Waals surface area contributed by atoms with Gasteiger partial charge < -0.3 is 11.1 Å². The van der Waals surface area contributed by atoms with Crippen molar-refractivity contribution in [1.82, 2.24) is 9.21 Å². The highest BCUT2D eigenvalue weighted by molar-refractivity contribution is 7.89. The lowest BCUT2D eigenvalue weighted by atomic mass is 10.1. The number of amides is 2. The van der Waals surface area contributed by atoms with Crippen molar-refractivity contribution in [2.75, 3.05) is 31.5 Å². The standard InChI is InChI=1S/C23H30N4O4S/c1-15-13-16(2)21(17(3)14-15)32(30,31)27-11-9-26(10-12-27)18(4)23(29)25-20-7-5-19(6-8-20)22(24)28/h5-8,13-14,18H,9-12H2,1-4H3,(H2,24,28)(H,25,29)/t18-/m1/s1. The highest BCUT2D eigenvalue weighted by Gasteiger charge is 2.33. The lowest BCUT2D eigenvalue weighted by Gasteiger charge is -2.37. The second kappa shape index (κ2) is 9.40. The summed E-state index contributed by atoms with van der Waals surface area (Å²) in [7, 11) is -3.60. The van der Waals surface area contributed by atoms with E-state index < -0.39 is 22.0 Å². The molecule has 2 aromatic rings. The molecule has 0 spiro atoms. The Labute approximate surface area is 189 Å². The van der Waals surface area contributed by atoms with Gasteiger partial charge in [-0.1, -0.05) is 17.7 Å². The van der Waals surface area contributed by atoms with Crippen molar-refractivity contribution in [3.05, 3.63) is 58.7 Å². The van der Waals surface area contributed by atoms with Crippen molar-refractivity contribution in [3.63, 3.8) is 0 Å². The average molecular weight is 459 g/mol. The van der Waals surface area contributed by atoms with Crippen LogP contribution in [0.25, 0.3) is 0 Å². The van der Waals surface area contributed by atoms with Gasteiger partial charge in [0.2, 0.25) is 21.8 Å². The smallest absolute Gasteiger partial charge is 0.248 e. The minimum Gasteiger partial charge on any atom is -0.366 e. The molecule has 0 radical (unpaired) electrons. The van der Waals surface area contributed by atoms with Gasteiger partial charge in [0, 0.05) is 37.4 Å². The molecule has 0 saturated carbocycles. The van der Waals surface area contributed by atoms with E-state index >= 15 is 0 Å². The number of aryl methyl sites for hydroxylation is 3. The molecule has 3 N–H and O–H groups in total. The van der Waals surface area contributed by atoms with Gasteiger partial charge in [-0.3, -0.25) is 14.5 Å². The molecular formula is C23H30N4O4S. The third-order valence-electron chi connectivity index (χ3n) is 5.84.